The van der Waals surface area contributed by atoms with Crippen LogP contribution < -0.4 is 10.1 Å². The Hall–Kier alpha value is -3.26. The number of nitrogens with zero attached hydrogens (tertiary/aromatic N) is 3. The van der Waals surface area contributed by atoms with E-state index in [-0.39, 0.29) is 11.7 Å². The zero-order valence-corrected chi connectivity index (χ0v) is 18.6. The number of rotatable bonds is 9. The van der Waals surface area contributed by atoms with Crippen LogP contribution >= 0.6 is 11.3 Å². The number of amides is 1. The number of halogens is 1. The Kier molecular flexibility index (Phi) is 7.36. The van der Waals surface area contributed by atoms with Crippen LogP contribution in [0.2, 0.25) is 0 Å². The zero-order chi connectivity index (χ0) is 22.4. The summed E-state index contributed by atoms with van der Waals surface area (Å²) in [5.74, 6) is -0.524. The highest BCUT2D eigenvalue weighted by molar-refractivity contribution is 7.13. The molecule has 1 N–H and O–H groups in total. The van der Waals surface area contributed by atoms with Gasteiger partial charge in [-0.1, -0.05) is 36.5 Å². The van der Waals surface area contributed by atoms with Crippen LogP contribution in [0.1, 0.15) is 35.9 Å². The van der Waals surface area contributed by atoms with Gasteiger partial charge in [0.1, 0.15) is 5.82 Å². The lowest BCUT2D eigenvalue weighted by Crippen LogP contribution is -2.23. The van der Waals surface area contributed by atoms with Gasteiger partial charge in [0.05, 0.1) is 25.5 Å². The molecule has 0 spiro atoms. The lowest BCUT2D eigenvalue weighted by atomic mass is 10.0. The smallest absolute Gasteiger partial charge is 0.273 e. The van der Waals surface area contributed by atoms with E-state index in [4.69, 9.17) is 4.74 Å². The molecule has 0 aliphatic rings. The molecule has 0 atom stereocenters. The fourth-order valence-corrected chi connectivity index (χ4v) is 3.62. The number of thiazole rings is 1. The number of benzene rings is 1. The van der Waals surface area contributed by atoms with Gasteiger partial charge in [-0.05, 0) is 44.0 Å². The van der Waals surface area contributed by atoms with E-state index in [2.05, 4.69) is 22.0 Å². The van der Waals surface area contributed by atoms with Gasteiger partial charge in [0.15, 0.2) is 0 Å². The maximum absolute atomic E-state index is 13.3. The number of allylic oxidation sites excluding steroid dienone is 2. The molecule has 8 heteroatoms. The highest BCUT2D eigenvalue weighted by Gasteiger charge is 2.19. The van der Waals surface area contributed by atoms with E-state index in [1.807, 2.05) is 19.9 Å². The molecule has 0 fully saturated rings. The molecule has 3 rings (SSSR count). The second kappa shape index (κ2) is 10.2. The molecule has 31 heavy (non-hydrogen) atoms. The number of carbonyl (C=O) groups excluding carboxylic acids is 1. The number of hydrogen-bond acceptors (Lipinski definition) is 5. The van der Waals surface area contributed by atoms with Crippen molar-refractivity contribution in [2.24, 2.45) is 0 Å². The van der Waals surface area contributed by atoms with Crippen molar-refractivity contribution < 1.29 is 13.9 Å². The summed E-state index contributed by atoms with van der Waals surface area (Å²) in [7, 11) is 1.56. The third kappa shape index (κ3) is 5.46. The minimum absolute atomic E-state index is 0.210. The SMILES string of the molecule is C=C(CC)CC=C(C(=O)NCc1cnc(OC)s1)c1cnn(-c2ccc(F)cc2)c1C. The third-order valence-corrected chi connectivity index (χ3v) is 5.80. The van der Waals surface area contributed by atoms with Crippen molar-refractivity contribution in [2.45, 2.75) is 33.2 Å². The molecular weight excluding hydrogens is 415 g/mol. The molecule has 6 nitrogen and oxygen atoms in total. The van der Waals surface area contributed by atoms with Crippen molar-refractivity contribution in [3.8, 4) is 10.9 Å². The molecule has 0 aliphatic heterocycles. The second-order valence-corrected chi connectivity index (χ2v) is 8.01. The molecule has 162 valence electrons. The summed E-state index contributed by atoms with van der Waals surface area (Å²) in [5, 5.41) is 7.93. The molecule has 1 amide bonds. The quantitative estimate of drug-likeness (QED) is 0.382. The zero-order valence-electron chi connectivity index (χ0n) is 17.8. The van der Waals surface area contributed by atoms with Gasteiger partial charge in [-0.3, -0.25) is 4.79 Å². The Bertz CT molecular complexity index is 1100. The van der Waals surface area contributed by atoms with Crippen LogP contribution in [0.25, 0.3) is 11.3 Å². The number of hydrogen-bond donors (Lipinski definition) is 1. The van der Waals surface area contributed by atoms with E-state index in [0.29, 0.717) is 29.3 Å². The summed E-state index contributed by atoms with van der Waals surface area (Å²) in [6.45, 7) is 8.30. The van der Waals surface area contributed by atoms with Gasteiger partial charge in [-0.2, -0.15) is 5.10 Å². The topological polar surface area (TPSA) is 69.0 Å². The van der Waals surface area contributed by atoms with Gasteiger partial charge in [0.2, 0.25) is 0 Å². The van der Waals surface area contributed by atoms with Gasteiger partial charge in [0.25, 0.3) is 11.1 Å². The van der Waals surface area contributed by atoms with Gasteiger partial charge >= 0.3 is 0 Å². The van der Waals surface area contributed by atoms with E-state index < -0.39 is 0 Å². The van der Waals surface area contributed by atoms with E-state index in [0.717, 1.165) is 28.3 Å². The summed E-state index contributed by atoms with van der Waals surface area (Å²) < 4.78 is 20.1. The first-order valence-corrected chi connectivity index (χ1v) is 10.7. The Morgan fingerprint density at radius 1 is 1.32 bits per heavy atom. The van der Waals surface area contributed by atoms with Crippen molar-refractivity contribution in [3.63, 3.8) is 0 Å². The van der Waals surface area contributed by atoms with Gasteiger partial charge in [-0.15, -0.1) is 0 Å². The molecule has 2 aromatic heterocycles. The van der Waals surface area contributed by atoms with Gasteiger partial charge in [-0.25, -0.2) is 14.1 Å². The summed E-state index contributed by atoms with van der Waals surface area (Å²) in [5.41, 5.74) is 3.78. The normalized spacial score (nSPS) is 11.4. The average Bonchev–Trinajstić information content (AvgIpc) is 3.39. The molecule has 0 saturated carbocycles. The lowest BCUT2D eigenvalue weighted by Gasteiger charge is -2.10. The predicted molar refractivity (Wildman–Crippen MR) is 121 cm³/mol. The van der Waals surface area contributed by atoms with Gasteiger partial charge < -0.3 is 10.1 Å². The largest absolute Gasteiger partial charge is 0.473 e. The Morgan fingerprint density at radius 2 is 2.06 bits per heavy atom. The van der Waals surface area contributed by atoms with E-state index in [9.17, 15) is 9.18 Å². The molecule has 0 bridgehead atoms. The van der Waals surface area contributed by atoms with Crippen LogP contribution in [0.5, 0.6) is 5.19 Å². The fourth-order valence-electron chi connectivity index (χ4n) is 2.96. The van der Waals surface area contributed by atoms with Gasteiger partial charge in [0, 0.05) is 27.9 Å². The second-order valence-electron chi connectivity index (χ2n) is 6.94. The lowest BCUT2D eigenvalue weighted by molar-refractivity contribution is -0.115. The molecule has 0 aliphatic carbocycles. The minimum Gasteiger partial charge on any atom is -0.473 e. The number of carbonyl (C=O) groups is 1. The fraction of sp³-hybridized carbons (Fsp3) is 0.261. The first kappa shape index (κ1) is 22.4. The van der Waals surface area contributed by atoms with Crippen molar-refractivity contribution >= 4 is 22.8 Å². The van der Waals surface area contributed by atoms with Crippen molar-refractivity contribution in [2.75, 3.05) is 7.11 Å². The van der Waals surface area contributed by atoms with E-state index >= 15 is 0 Å². The molecule has 0 saturated heterocycles. The number of nitrogens with one attached hydrogen (secondary N) is 1. The number of methoxy groups -OCH3 is 1. The Balaban J connectivity index is 1.87. The molecule has 0 radical (unpaired) electrons. The third-order valence-electron chi connectivity index (χ3n) is 4.84. The van der Waals surface area contributed by atoms with Crippen molar-refractivity contribution in [1.82, 2.24) is 20.1 Å². The van der Waals surface area contributed by atoms with Crippen molar-refractivity contribution in [1.29, 1.82) is 0 Å². The monoisotopic (exact) mass is 440 g/mol. The molecular formula is C23H25FN4O2S. The average molecular weight is 441 g/mol. The molecule has 2 heterocycles. The number of ether oxygens (including phenoxy) is 1. The van der Waals surface area contributed by atoms with E-state index in [1.165, 1.54) is 23.5 Å². The summed E-state index contributed by atoms with van der Waals surface area (Å²) in [4.78, 5) is 18.1. The van der Waals surface area contributed by atoms with Crippen LogP contribution in [0, 0.1) is 12.7 Å². The highest BCUT2D eigenvalue weighted by Crippen LogP contribution is 2.24. The summed E-state index contributed by atoms with van der Waals surface area (Å²) >= 11 is 1.38. The van der Waals surface area contributed by atoms with Crippen LogP contribution in [-0.4, -0.2) is 27.8 Å². The summed E-state index contributed by atoms with van der Waals surface area (Å²) in [6.07, 6.45) is 6.65. The van der Waals surface area contributed by atoms with Crippen LogP contribution in [-0.2, 0) is 11.3 Å². The molecule has 3 aromatic rings. The number of aromatic nitrogens is 3. The predicted octanol–water partition coefficient (Wildman–Crippen LogP) is 4.84. The van der Waals surface area contributed by atoms with Crippen LogP contribution in [0.15, 0.2) is 54.9 Å². The maximum atomic E-state index is 13.3. The first-order chi connectivity index (χ1) is 14.9. The Morgan fingerprint density at radius 3 is 2.71 bits per heavy atom. The van der Waals surface area contributed by atoms with Crippen LogP contribution in [0.4, 0.5) is 4.39 Å². The Labute approximate surface area is 185 Å². The highest BCUT2D eigenvalue weighted by atomic mass is 32.1. The molecule has 1 aromatic carbocycles. The molecule has 0 unspecified atom stereocenters. The summed E-state index contributed by atoms with van der Waals surface area (Å²) in [6, 6.07) is 6.07. The maximum Gasteiger partial charge on any atom is 0.273 e. The standard InChI is InChI=1S/C23H25FN4O2S/c1-5-15(2)6-11-20(22(29)25-12-19-13-26-23(30-4)31-19)21-14-27-28(16(21)3)18-9-7-17(24)8-10-18/h7-11,13-14H,2,5-6,12H2,1,3-4H3,(H,25,29). The van der Waals surface area contributed by atoms with Crippen LogP contribution in [0.3, 0.4) is 0 Å². The first-order valence-electron chi connectivity index (χ1n) is 9.87. The minimum atomic E-state index is -0.313. The van der Waals surface area contributed by atoms with Crippen molar-refractivity contribution in [3.05, 3.63) is 76.8 Å². The van der Waals surface area contributed by atoms with E-state index in [1.54, 1.807) is 36.3 Å².